The highest BCUT2D eigenvalue weighted by atomic mass is 79.9. The molecule has 1 aromatic carbocycles. The molecule has 0 unspecified atom stereocenters. The van der Waals surface area contributed by atoms with Crippen molar-refractivity contribution in [3.8, 4) is 17.6 Å². The second-order valence-electron chi connectivity index (χ2n) is 3.81. The van der Waals surface area contributed by atoms with Crippen LogP contribution >= 0.6 is 15.9 Å². The first-order valence-corrected chi connectivity index (χ1v) is 6.54. The van der Waals surface area contributed by atoms with Crippen molar-refractivity contribution < 1.29 is 4.74 Å². The van der Waals surface area contributed by atoms with Crippen LogP contribution < -0.4 is 4.74 Å². The molecule has 0 bridgehead atoms. The van der Waals surface area contributed by atoms with Gasteiger partial charge in [-0.15, -0.1) is 0 Å². The summed E-state index contributed by atoms with van der Waals surface area (Å²) in [7, 11) is 0. The molecule has 0 atom stereocenters. The minimum Gasteiger partial charge on any atom is -0.454 e. The smallest absolute Gasteiger partial charge is 0.145 e. The molecular weight excluding hydrogens is 292 g/mol. The Bertz CT molecular complexity index is 588. The highest BCUT2D eigenvalue weighted by molar-refractivity contribution is 9.08. The SMILES string of the molecule is Cc1ccc(Oc2ccc(CBr)cc2C#N)cn1. The summed E-state index contributed by atoms with van der Waals surface area (Å²) in [6.07, 6.45) is 1.65. The van der Waals surface area contributed by atoms with Gasteiger partial charge in [0, 0.05) is 11.0 Å². The molecular formula is C14H11BrN2O. The second-order valence-corrected chi connectivity index (χ2v) is 4.37. The number of alkyl halides is 1. The fourth-order valence-electron chi connectivity index (χ4n) is 1.48. The van der Waals surface area contributed by atoms with Gasteiger partial charge in [0.2, 0.25) is 0 Å². The third kappa shape index (κ3) is 2.88. The molecule has 18 heavy (non-hydrogen) atoms. The van der Waals surface area contributed by atoms with Crippen molar-refractivity contribution in [2.75, 3.05) is 0 Å². The number of ether oxygens (including phenoxy) is 1. The van der Waals surface area contributed by atoms with Crippen LogP contribution in [0.5, 0.6) is 11.5 Å². The molecule has 0 fully saturated rings. The van der Waals surface area contributed by atoms with Crippen LogP contribution in [0.3, 0.4) is 0 Å². The van der Waals surface area contributed by atoms with E-state index in [0.717, 1.165) is 11.3 Å². The molecule has 0 saturated carbocycles. The maximum Gasteiger partial charge on any atom is 0.145 e. The minimum atomic E-state index is 0.521. The summed E-state index contributed by atoms with van der Waals surface area (Å²) in [6.45, 7) is 1.91. The highest BCUT2D eigenvalue weighted by Gasteiger charge is 2.06. The highest BCUT2D eigenvalue weighted by Crippen LogP contribution is 2.26. The van der Waals surface area contributed by atoms with Gasteiger partial charge in [-0.3, -0.25) is 4.98 Å². The quantitative estimate of drug-likeness (QED) is 0.807. The van der Waals surface area contributed by atoms with E-state index >= 15 is 0 Å². The van der Waals surface area contributed by atoms with Gasteiger partial charge in [0.15, 0.2) is 0 Å². The van der Waals surface area contributed by atoms with Crippen LogP contribution in [0.4, 0.5) is 0 Å². The third-order valence-electron chi connectivity index (χ3n) is 2.43. The third-order valence-corrected chi connectivity index (χ3v) is 3.08. The molecule has 0 aliphatic rings. The van der Waals surface area contributed by atoms with E-state index in [9.17, 15) is 0 Å². The normalized spacial score (nSPS) is 9.83. The molecule has 1 heterocycles. The molecule has 0 aliphatic heterocycles. The van der Waals surface area contributed by atoms with Crippen LogP contribution in [0.25, 0.3) is 0 Å². The first-order chi connectivity index (χ1) is 8.72. The van der Waals surface area contributed by atoms with Gasteiger partial charge in [-0.1, -0.05) is 22.0 Å². The molecule has 90 valence electrons. The Hall–Kier alpha value is -1.86. The zero-order valence-corrected chi connectivity index (χ0v) is 11.4. The Morgan fingerprint density at radius 2 is 2.17 bits per heavy atom. The lowest BCUT2D eigenvalue weighted by molar-refractivity contribution is 0.478. The molecule has 2 rings (SSSR count). The average Bonchev–Trinajstić information content (AvgIpc) is 2.41. The number of pyridine rings is 1. The predicted octanol–water partition coefficient (Wildman–Crippen LogP) is 3.95. The molecule has 0 radical (unpaired) electrons. The second kappa shape index (κ2) is 5.65. The zero-order valence-electron chi connectivity index (χ0n) is 9.85. The molecule has 0 saturated heterocycles. The number of halogens is 1. The number of aryl methyl sites for hydroxylation is 1. The van der Waals surface area contributed by atoms with Crippen molar-refractivity contribution in [1.82, 2.24) is 4.98 Å². The number of aromatic nitrogens is 1. The molecule has 4 heteroatoms. The Morgan fingerprint density at radius 3 is 2.78 bits per heavy atom. The van der Waals surface area contributed by atoms with E-state index in [1.165, 1.54) is 0 Å². The molecule has 0 aliphatic carbocycles. The van der Waals surface area contributed by atoms with Gasteiger partial charge in [0.25, 0.3) is 0 Å². The van der Waals surface area contributed by atoms with Gasteiger partial charge in [-0.2, -0.15) is 5.26 Å². The number of rotatable bonds is 3. The monoisotopic (exact) mass is 302 g/mol. The van der Waals surface area contributed by atoms with Crippen LogP contribution in [0.2, 0.25) is 0 Å². The number of nitrogens with zero attached hydrogens (tertiary/aromatic N) is 2. The van der Waals surface area contributed by atoms with Crippen molar-refractivity contribution in [3.63, 3.8) is 0 Å². The lowest BCUT2D eigenvalue weighted by Crippen LogP contribution is -1.91. The number of nitriles is 1. The van der Waals surface area contributed by atoms with Gasteiger partial charge in [-0.05, 0) is 36.8 Å². The van der Waals surface area contributed by atoms with Gasteiger partial charge >= 0.3 is 0 Å². The molecule has 1 aromatic heterocycles. The van der Waals surface area contributed by atoms with Gasteiger partial charge in [-0.25, -0.2) is 0 Å². The molecule has 0 amide bonds. The summed E-state index contributed by atoms with van der Waals surface area (Å²) in [6, 6.07) is 11.4. The maximum absolute atomic E-state index is 9.10. The fraction of sp³-hybridized carbons (Fsp3) is 0.143. The van der Waals surface area contributed by atoms with Crippen LogP contribution in [0.1, 0.15) is 16.8 Å². The summed E-state index contributed by atoms with van der Waals surface area (Å²) < 4.78 is 5.65. The summed E-state index contributed by atoms with van der Waals surface area (Å²) >= 11 is 3.36. The molecule has 3 nitrogen and oxygen atoms in total. The number of benzene rings is 1. The number of hydrogen-bond donors (Lipinski definition) is 0. The van der Waals surface area contributed by atoms with Crippen LogP contribution in [-0.2, 0) is 5.33 Å². The Labute approximate surface area is 114 Å². The van der Waals surface area contributed by atoms with E-state index in [0.29, 0.717) is 22.4 Å². The van der Waals surface area contributed by atoms with E-state index in [-0.39, 0.29) is 0 Å². The van der Waals surface area contributed by atoms with E-state index in [1.54, 1.807) is 12.3 Å². The van der Waals surface area contributed by atoms with Crippen LogP contribution in [0.15, 0.2) is 36.5 Å². The number of hydrogen-bond acceptors (Lipinski definition) is 3. The average molecular weight is 303 g/mol. The fourth-order valence-corrected chi connectivity index (χ4v) is 1.83. The Balaban J connectivity index is 2.29. The van der Waals surface area contributed by atoms with E-state index in [4.69, 9.17) is 10.00 Å². The van der Waals surface area contributed by atoms with Gasteiger partial charge in [0.1, 0.15) is 17.6 Å². The Kier molecular flexibility index (Phi) is 3.96. The summed E-state index contributed by atoms with van der Waals surface area (Å²) in [5.41, 5.74) is 2.49. The van der Waals surface area contributed by atoms with Crippen molar-refractivity contribution in [2.45, 2.75) is 12.3 Å². The van der Waals surface area contributed by atoms with E-state index < -0.39 is 0 Å². The van der Waals surface area contributed by atoms with Crippen LogP contribution in [-0.4, -0.2) is 4.98 Å². The van der Waals surface area contributed by atoms with Crippen molar-refractivity contribution in [1.29, 1.82) is 5.26 Å². The molecule has 0 N–H and O–H groups in total. The first kappa shape index (κ1) is 12.6. The topological polar surface area (TPSA) is 45.9 Å². The zero-order chi connectivity index (χ0) is 13.0. The summed E-state index contributed by atoms with van der Waals surface area (Å²) in [5.74, 6) is 1.18. The van der Waals surface area contributed by atoms with E-state index in [2.05, 4.69) is 27.0 Å². The lowest BCUT2D eigenvalue weighted by atomic mass is 10.1. The van der Waals surface area contributed by atoms with Crippen molar-refractivity contribution in [2.24, 2.45) is 0 Å². The summed E-state index contributed by atoms with van der Waals surface area (Å²) in [5, 5.41) is 9.82. The van der Waals surface area contributed by atoms with Crippen molar-refractivity contribution in [3.05, 3.63) is 53.3 Å². The Morgan fingerprint density at radius 1 is 1.33 bits per heavy atom. The minimum absolute atomic E-state index is 0.521. The first-order valence-electron chi connectivity index (χ1n) is 5.42. The summed E-state index contributed by atoms with van der Waals surface area (Å²) in [4.78, 5) is 4.15. The lowest BCUT2D eigenvalue weighted by Gasteiger charge is -2.08. The van der Waals surface area contributed by atoms with Gasteiger partial charge < -0.3 is 4.74 Å². The van der Waals surface area contributed by atoms with E-state index in [1.807, 2.05) is 31.2 Å². The molecule has 0 spiro atoms. The maximum atomic E-state index is 9.10. The van der Waals surface area contributed by atoms with Gasteiger partial charge in [0.05, 0.1) is 11.8 Å². The predicted molar refractivity (Wildman–Crippen MR) is 72.8 cm³/mol. The standard InChI is InChI=1S/C14H11BrN2O/c1-10-2-4-13(9-17-10)18-14-5-3-11(7-15)6-12(14)8-16/h2-6,9H,7H2,1H3. The van der Waals surface area contributed by atoms with Crippen molar-refractivity contribution >= 4 is 15.9 Å². The largest absolute Gasteiger partial charge is 0.454 e. The van der Waals surface area contributed by atoms with Crippen LogP contribution in [0, 0.1) is 18.3 Å². The molecule has 2 aromatic rings.